The fourth-order valence-corrected chi connectivity index (χ4v) is 1.72. The molecule has 0 unspecified atom stereocenters. The van der Waals surface area contributed by atoms with E-state index in [-0.39, 0.29) is 6.29 Å². The van der Waals surface area contributed by atoms with Gasteiger partial charge in [0.1, 0.15) is 0 Å². The van der Waals surface area contributed by atoms with Crippen LogP contribution >= 0.6 is 0 Å². The maximum atomic E-state index is 5.47. The lowest BCUT2D eigenvalue weighted by atomic mass is 10.0. The van der Waals surface area contributed by atoms with Crippen molar-refractivity contribution in [3.05, 3.63) is 29.1 Å². The van der Waals surface area contributed by atoms with E-state index >= 15 is 0 Å². The predicted molar refractivity (Wildman–Crippen MR) is 48.4 cm³/mol. The molecule has 2 rings (SSSR count). The van der Waals surface area contributed by atoms with Gasteiger partial charge >= 0.3 is 0 Å². The summed E-state index contributed by atoms with van der Waals surface area (Å²) in [5.41, 5.74) is 3.41. The molecule has 1 aliphatic rings. The SMILES string of the molecule is CO[C@H]1OCCc2ccnc(C)c21. The minimum Gasteiger partial charge on any atom is -0.352 e. The van der Waals surface area contributed by atoms with E-state index in [2.05, 4.69) is 4.98 Å². The Balaban J connectivity index is 2.47. The minimum absolute atomic E-state index is 0.225. The second kappa shape index (κ2) is 3.44. The average Bonchev–Trinajstić information content (AvgIpc) is 2.17. The standard InChI is InChI=1S/C10H13NO2/c1-7-9-8(3-5-11-7)4-6-13-10(9)12-2/h3,5,10H,4,6H2,1-2H3/t10-/m0/s1. The third-order valence-electron chi connectivity index (χ3n) is 2.37. The van der Waals surface area contributed by atoms with Crippen molar-refractivity contribution < 1.29 is 9.47 Å². The topological polar surface area (TPSA) is 31.4 Å². The van der Waals surface area contributed by atoms with Gasteiger partial charge in [-0.3, -0.25) is 4.98 Å². The highest BCUT2D eigenvalue weighted by Gasteiger charge is 2.22. The molecule has 3 heteroatoms. The molecule has 1 atom stereocenters. The van der Waals surface area contributed by atoms with Crippen molar-refractivity contribution in [3.8, 4) is 0 Å². The average molecular weight is 179 g/mol. The molecule has 1 aromatic rings. The van der Waals surface area contributed by atoms with E-state index in [1.807, 2.05) is 19.2 Å². The molecule has 0 saturated heterocycles. The molecule has 2 heterocycles. The highest BCUT2D eigenvalue weighted by Crippen LogP contribution is 2.28. The summed E-state index contributed by atoms with van der Waals surface area (Å²) in [7, 11) is 1.66. The van der Waals surface area contributed by atoms with Gasteiger partial charge in [-0.25, -0.2) is 0 Å². The Bertz CT molecular complexity index is 312. The summed E-state index contributed by atoms with van der Waals surface area (Å²) in [5, 5.41) is 0. The van der Waals surface area contributed by atoms with Crippen LogP contribution in [-0.2, 0) is 15.9 Å². The Hall–Kier alpha value is -0.930. The van der Waals surface area contributed by atoms with Gasteiger partial charge in [0.25, 0.3) is 0 Å². The van der Waals surface area contributed by atoms with Crippen LogP contribution in [0, 0.1) is 6.92 Å². The Morgan fingerprint density at radius 3 is 3.23 bits per heavy atom. The lowest BCUT2D eigenvalue weighted by Gasteiger charge is -2.25. The third-order valence-corrected chi connectivity index (χ3v) is 2.37. The molecular formula is C10H13NO2. The van der Waals surface area contributed by atoms with E-state index in [0.717, 1.165) is 24.3 Å². The maximum absolute atomic E-state index is 5.47. The molecule has 0 spiro atoms. The Morgan fingerprint density at radius 2 is 2.46 bits per heavy atom. The van der Waals surface area contributed by atoms with Gasteiger partial charge in [0.2, 0.25) is 0 Å². The second-order valence-electron chi connectivity index (χ2n) is 3.16. The zero-order valence-electron chi connectivity index (χ0n) is 7.91. The number of pyridine rings is 1. The first-order valence-electron chi connectivity index (χ1n) is 4.41. The highest BCUT2D eigenvalue weighted by molar-refractivity contribution is 5.32. The van der Waals surface area contributed by atoms with Crippen molar-refractivity contribution in [1.82, 2.24) is 4.98 Å². The van der Waals surface area contributed by atoms with E-state index in [0.29, 0.717) is 0 Å². The van der Waals surface area contributed by atoms with E-state index in [4.69, 9.17) is 9.47 Å². The number of nitrogens with zero attached hydrogens (tertiary/aromatic N) is 1. The van der Waals surface area contributed by atoms with Crippen molar-refractivity contribution in [2.24, 2.45) is 0 Å². The zero-order chi connectivity index (χ0) is 9.26. The molecule has 1 aliphatic heterocycles. The van der Waals surface area contributed by atoms with Gasteiger partial charge in [-0.2, -0.15) is 0 Å². The lowest BCUT2D eigenvalue weighted by Crippen LogP contribution is -2.19. The van der Waals surface area contributed by atoms with Crippen LogP contribution in [0.1, 0.15) is 23.1 Å². The smallest absolute Gasteiger partial charge is 0.185 e. The Labute approximate surface area is 77.7 Å². The van der Waals surface area contributed by atoms with Gasteiger partial charge < -0.3 is 9.47 Å². The summed E-state index contributed by atoms with van der Waals surface area (Å²) in [6, 6.07) is 2.04. The second-order valence-corrected chi connectivity index (χ2v) is 3.16. The first-order valence-corrected chi connectivity index (χ1v) is 4.41. The summed E-state index contributed by atoms with van der Waals surface area (Å²) in [4.78, 5) is 4.23. The molecule has 0 radical (unpaired) electrons. The zero-order valence-corrected chi connectivity index (χ0v) is 7.91. The monoisotopic (exact) mass is 179 g/mol. The summed E-state index contributed by atoms with van der Waals surface area (Å²) in [6.07, 6.45) is 2.57. The number of hydrogen-bond acceptors (Lipinski definition) is 3. The van der Waals surface area contributed by atoms with E-state index in [1.165, 1.54) is 5.56 Å². The molecule has 0 bridgehead atoms. The van der Waals surface area contributed by atoms with E-state index < -0.39 is 0 Å². The van der Waals surface area contributed by atoms with Crippen LogP contribution in [0.15, 0.2) is 12.3 Å². The fourth-order valence-electron chi connectivity index (χ4n) is 1.72. The molecule has 0 amide bonds. The molecule has 3 nitrogen and oxygen atoms in total. The molecule has 13 heavy (non-hydrogen) atoms. The van der Waals surface area contributed by atoms with E-state index in [1.54, 1.807) is 7.11 Å². The first kappa shape index (κ1) is 8.66. The number of aromatic nitrogens is 1. The molecule has 0 N–H and O–H groups in total. The molecule has 70 valence electrons. The van der Waals surface area contributed by atoms with Crippen LogP contribution in [0.5, 0.6) is 0 Å². The molecule has 0 fully saturated rings. The summed E-state index contributed by atoms with van der Waals surface area (Å²) in [5.74, 6) is 0. The van der Waals surface area contributed by atoms with Crippen molar-refractivity contribution in [1.29, 1.82) is 0 Å². The van der Waals surface area contributed by atoms with Gasteiger partial charge in [0.05, 0.1) is 6.61 Å². The number of fused-ring (bicyclic) bond motifs is 1. The van der Waals surface area contributed by atoms with Crippen molar-refractivity contribution in [2.45, 2.75) is 19.6 Å². The molecule has 0 saturated carbocycles. The van der Waals surface area contributed by atoms with Gasteiger partial charge in [-0.1, -0.05) is 0 Å². The van der Waals surface area contributed by atoms with E-state index in [9.17, 15) is 0 Å². The predicted octanol–water partition coefficient (Wildman–Crippen LogP) is 1.61. The first-order chi connectivity index (χ1) is 6.33. The van der Waals surface area contributed by atoms with Crippen LogP contribution < -0.4 is 0 Å². The summed E-state index contributed by atoms with van der Waals surface area (Å²) < 4.78 is 10.7. The third kappa shape index (κ3) is 1.45. The molecular weight excluding hydrogens is 166 g/mol. The fraction of sp³-hybridized carbons (Fsp3) is 0.500. The number of rotatable bonds is 1. The maximum Gasteiger partial charge on any atom is 0.185 e. The van der Waals surface area contributed by atoms with Gasteiger partial charge in [-0.05, 0) is 25.0 Å². The molecule has 0 aliphatic carbocycles. The number of ether oxygens (including phenoxy) is 2. The molecule has 1 aromatic heterocycles. The van der Waals surface area contributed by atoms with Crippen molar-refractivity contribution >= 4 is 0 Å². The van der Waals surface area contributed by atoms with Crippen LogP contribution in [0.2, 0.25) is 0 Å². The summed E-state index contributed by atoms with van der Waals surface area (Å²) in [6.45, 7) is 2.72. The number of hydrogen-bond donors (Lipinski definition) is 0. The van der Waals surface area contributed by atoms with Crippen molar-refractivity contribution in [3.63, 3.8) is 0 Å². The van der Waals surface area contributed by atoms with Crippen LogP contribution in [0.4, 0.5) is 0 Å². The lowest BCUT2D eigenvalue weighted by molar-refractivity contribution is -0.135. The number of methoxy groups -OCH3 is 1. The van der Waals surface area contributed by atoms with Crippen LogP contribution in [-0.4, -0.2) is 18.7 Å². The molecule has 0 aromatic carbocycles. The minimum atomic E-state index is -0.225. The Kier molecular flexibility index (Phi) is 2.29. The van der Waals surface area contributed by atoms with Crippen LogP contribution in [0.3, 0.4) is 0 Å². The highest BCUT2D eigenvalue weighted by atomic mass is 16.7. The van der Waals surface area contributed by atoms with Gasteiger partial charge in [0.15, 0.2) is 6.29 Å². The Morgan fingerprint density at radius 1 is 1.62 bits per heavy atom. The summed E-state index contributed by atoms with van der Waals surface area (Å²) >= 11 is 0. The normalized spacial score (nSPS) is 21.2. The quantitative estimate of drug-likeness (QED) is 0.656. The largest absolute Gasteiger partial charge is 0.352 e. The van der Waals surface area contributed by atoms with Gasteiger partial charge in [-0.15, -0.1) is 0 Å². The van der Waals surface area contributed by atoms with Crippen LogP contribution in [0.25, 0.3) is 0 Å². The van der Waals surface area contributed by atoms with Gasteiger partial charge in [0, 0.05) is 24.6 Å². The van der Waals surface area contributed by atoms with Crippen molar-refractivity contribution in [2.75, 3.05) is 13.7 Å². The number of aryl methyl sites for hydroxylation is 1.